The maximum Gasteiger partial charge on any atom is 0.292 e. The van der Waals surface area contributed by atoms with Crippen LogP contribution in [0.5, 0.6) is 0 Å². The molecular formula is C15H22NO8P. The van der Waals surface area contributed by atoms with Crippen LogP contribution in [0.15, 0.2) is 24.5 Å². The molecule has 1 aromatic heterocycles. The number of hydrogen-bond acceptors (Lipinski definition) is 8. The lowest BCUT2D eigenvalue weighted by atomic mass is 10.1. The number of ether oxygens (including phenoxy) is 1. The minimum Gasteiger partial charge on any atom is -0.756 e. The van der Waals surface area contributed by atoms with E-state index in [1.807, 2.05) is 0 Å². The molecule has 2 unspecified atom stereocenters. The molecule has 1 saturated heterocycles. The van der Waals surface area contributed by atoms with E-state index in [2.05, 4.69) is 4.52 Å². The molecule has 2 rings (SSSR count). The summed E-state index contributed by atoms with van der Waals surface area (Å²) in [4.78, 5) is 23.0. The number of aliphatic hydroxyl groups is 2. The Balaban J connectivity index is 2.04. The number of carbonyl (C=O) groups is 1. The van der Waals surface area contributed by atoms with Gasteiger partial charge in [-0.3, -0.25) is 9.36 Å². The molecule has 9 nitrogen and oxygen atoms in total. The fourth-order valence-corrected chi connectivity index (χ4v) is 3.19. The highest BCUT2D eigenvalue weighted by atomic mass is 31.2. The van der Waals surface area contributed by atoms with Gasteiger partial charge < -0.3 is 28.9 Å². The van der Waals surface area contributed by atoms with Crippen LogP contribution in [0.1, 0.15) is 36.9 Å². The molecule has 0 saturated carbocycles. The molecule has 1 aliphatic heterocycles. The van der Waals surface area contributed by atoms with Crippen LogP contribution in [0.3, 0.4) is 0 Å². The first-order valence-electron chi connectivity index (χ1n) is 7.88. The SMILES string of the molecule is CCCOP(=O)([O-])OC[C@H]1OC([n+]2cccc(C(C)=O)c2)[C@H](O)[C@@H]1O. The third kappa shape index (κ3) is 5.15. The quantitative estimate of drug-likeness (QED) is 0.360. The predicted octanol–water partition coefficient (Wildman–Crippen LogP) is -0.293. The Morgan fingerprint density at radius 3 is 2.76 bits per heavy atom. The Bertz CT molecular complexity index is 654. The van der Waals surface area contributed by atoms with Crippen molar-refractivity contribution in [3.8, 4) is 0 Å². The Labute approximate surface area is 145 Å². The molecule has 0 radical (unpaired) electrons. The van der Waals surface area contributed by atoms with Crippen LogP contribution in [-0.4, -0.2) is 47.5 Å². The van der Waals surface area contributed by atoms with E-state index >= 15 is 0 Å². The number of phosphoric acid groups is 1. The van der Waals surface area contributed by atoms with Crippen molar-refractivity contribution < 1.29 is 42.8 Å². The van der Waals surface area contributed by atoms with Crippen molar-refractivity contribution in [2.24, 2.45) is 0 Å². The van der Waals surface area contributed by atoms with Gasteiger partial charge in [0, 0.05) is 6.07 Å². The van der Waals surface area contributed by atoms with Gasteiger partial charge in [0.15, 0.2) is 24.3 Å². The Kier molecular flexibility index (Phi) is 6.81. The summed E-state index contributed by atoms with van der Waals surface area (Å²) in [5, 5.41) is 20.2. The molecule has 0 amide bonds. The minimum absolute atomic E-state index is 0.00616. The highest BCUT2D eigenvalue weighted by Crippen LogP contribution is 2.39. The lowest BCUT2D eigenvalue weighted by molar-refractivity contribution is -0.765. The number of nitrogens with zero attached hydrogens (tertiary/aromatic N) is 1. The molecule has 1 aromatic rings. The highest BCUT2D eigenvalue weighted by molar-refractivity contribution is 7.45. The molecule has 1 aliphatic rings. The van der Waals surface area contributed by atoms with E-state index in [0.717, 1.165) is 0 Å². The lowest BCUT2D eigenvalue weighted by Gasteiger charge is -2.24. The molecule has 0 bridgehead atoms. The summed E-state index contributed by atoms with van der Waals surface area (Å²) in [6.45, 7) is 2.65. The molecule has 2 N–H and O–H groups in total. The van der Waals surface area contributed by atoms with Crippen molar-refractivity contribution in [3.63, 3.8) is 0 Å². The summed E-state index contributed by atoms with van der Waals surface area (Å²) in [5.74, 6) is -0.164. The van der Waals surface area contributed by atoms with E-state index in [9.17, 15) is 24.5 Å². The number of aliphatic hydroxyl groups excluding tert-OH is 2. The Morgan fingerprint density at radius 2 is 2.12 bits per heavy atom. The maximum absolute atomic E-state index is 11.5. The van der Waals surface area contributed by atoms with Crippen molar-refractivity contribution in [1.29, 1.82) is 0 Å². The third-order valence-electron chi connectivity index (χ3n) is 3.71. The summed E-state index contributed by atoms with van der Waals surface area (Å²) in [5.41, 5.74) is 0.407. The fraction of sp³-hybridized carbons (Fsp3) is 0.600. The largest absolute Gasteiger partial charge is 0.756 e. The zero-order valence-corrected chi connectivity index (χ0v) is 14.9. The van der Waals surface area contributed by atoms with Gasteiger partial charge in [-0.05, 0) is 19.4 Å². The summed E-state index contributed by atoms with van der Waals surface area (Å²) < 4.78 is 27.8. The van der Waals surface area contributed by atoms with E-state index in [-0.39, 0.29) is 12.4 Å². The van der Waals surface area contributed by atoms with Crippen LogP contribution >= 0.6 is 7.82 Å². The molecular weight excluding hydrogens is 353 g/mol. The van der Waals surface area contributed by atoms with E-state index in [1.54, 1.807) is 25.3 Å². The van der Waals surface area contributed by atoms with Gasteiger partial charge >= 0.3 is 0 Å². The summed E-state index contributed by atoms with van der Waals surface area (Å²) in [6, 6.07) is 3.21. The molecule has 5 atom stereocenters. The van der Waals surface area contributed by atoms with Gasteiger partial charge in [-0.25, -0.2) is 0 Å². The van der Waals surface area contributed by atoms with Gasteiger partial charge in [0.1, 0.15) is 12.2 Å². The van der Waals surface area contributed by atoms with Crippen LogP contribution in [0.25, 0.3) is 0 Å². The summed E-state index contributed by atoms with van der Waals surface area (Å²) >= 11 is 0. The first-order chi connectivity index (χ1) is 11.7. The summed E-state index contributed by atoms with van der Waals surface area (Å²) in [6.07, 6.45) is -1.17. The number of pyridine rings is 1. The first-order valence-corrected chi connectivity index (χ1v) is 9.34. The lowest BCUT2D eigenvalue weighted by Crippen LogP contribution is -2.46. The number of aromatic nitrogens is 1. The fourth-order valence-electron chi connectivity index (χ4n) is 2.38. The van der Waals surface area contributed by atoms with Gasteiger partial charge in [-0.15, -0.1) is 0 Å². The molecule has 140 valence electrons. The van der Waals surface area contributed by atoms with Crippen molar-refractivity contribution in [2.45, 2.75) is 44.8 Å². The number of ketones is 1. The number of phosphoric ester groups is 1. The van der Waals surface area contributed by atoms with Crippen molar-refractivity contribution in [1.82, 2.24) is 0 Å². The normalized spacial score (nSPS) is 28.7. The highest BCUT2D eigenvalue weighted by Gasteiger charge is 2.48. The Morgan fingerprint density at radius 1 is 1.40 bits per heavy atom. The number of rotatable bonds is 8. The van der Waals surface area contributed by atoms with Crippen molar-refractivity contribution in [2.75, 3.05) is 13.2 Å². The van der Waals surface area contributed by atoms with E-state index in [0.29, 0.717) is 12.0 Å². The van der Waals surface area contributed by atoms with Gasteiger partial charge in [0.2, 0.25) is 0 Å². The van der Waals surface area contributed by atoms with Crippen LogP contribution in [0.4, 0.5) is 0 Å². The van der Waals surface area contributed by atoms with Gasteiger partial charge in [-0.2, -0.15) is 4.57 Å². The second-order valence-corrected chi connectivity index (χ2v) is 7.13. The molecule has 0 aliphatic carbocycles. The van der Waals surface area contributed by atoms with Gasteiger partial charge in [-0.1, -0.05) is 6.92 Å². The second-order valence-electron chi connectivity index (χ2n) is 5.72. The topological polar surface area (TPSA) is 129 Å². The summed E-state index contributed by atoms with van der Waals surface area (Å²) in [7, 11) is -4.49. The van der Waals surface area contributed by atoms with Crippen molar-refractivity contribution in [3.05, 3.63) is 30.1 Å². The number of carbonyl (C=O) groups excluding carboxylic acids is 1. The smallest absolute Gasteiger partial charge is 0.292 e. The number of Topliss-reactive ketones (excluding diaryl/α,β-unsaturated/α-hetero) is 1. The molecule has 0 aromatic carbocycles. The number of hydrogen-bond donors (Lipinski definition) is 2. The van der Waals surface area contributed by atoms with Crippen LogP contribution < -0.4 is 9.46 Å². The first kappa shape index (κ1) is 20.1. The predicted molar refractivity (Wildman–Crippen MR) is 82.4 cm³/mol. The molecule has 25 heavy (non-hydrogen) atoms. The second kappa shape index (κ2) is 8.46. The Hall–Kier alpha value is -1.19. The van der Waals surface area contributed by atoms with Crippen LogP contribution in [0.2, 0.25) is 0 Å². The van der Waals surface area contributed by atoms with Gasteiger partial charge in [0.25, 0.3) is 14.1 Å². The van der Waals surface area contributed by atoms with Crippen molar-refractivity contribution >= 4 is 13.6 Å². The van der Waals surface area contributed by atoms with E-state index < -0.39 is 39.0 Å². The molecule has 1 fully saturated rings. The van der Waals surface area contributed by atoms with Crippen LogP contribution in [0, 0.1) is 0 Å². The average molecular weight is 375 g/mol. The standard InChI is InChI=1S/C15H22NO8P/c1-3-7-22-25(20,21)23-9-12-13(18)14(19)15(24-12)16-6-4-5-11(8-16)10(2)17/h4-6,8,12-15,18-19H,3,7,9H2,1-2H3/t12-,13-,14-,15?/m1/s1. The van der Waals surface area contributed by atoms with E-state index in [4.69, 9.17) is 9.26 Å². The van der Waals surface area contributed by atoms with E-state index in [1.165, 1.54) is 17.7 Å². The minimum atomic E-state index is -4.49. The monoisotopic (exact) mass is 375 g/mol. The van der Waals surface area contributed by atoms with Crippen LogP contribution in [-0.2, 0) is 18.3 Å². The maximum atomic E-state index is 11.5. The molecule has 2 heterocycles. The molecule has 0 spiro atoms. The molecule has 10 heteroatoms. The zero-order chi connectivity index (χ0) is 18.6. The van der Waals surface area contributed by atoms with Gasteiger partial charge in [0.05, 0.1) is 18.8 Å². The third-order valence-corrected chi connectivity index (χ3v) is 4.67. The zero-order valence-electron chi connectivity index (χ0n) is 14.0. The average Bonchev–Trinajstić information content (AvgIpc) is 2.87.